The molecule has 1 saturated carbocycles. The zero-order valence-electron chi connectivity index (χ0n) is 16.2. The van der Waals surface area contributed by atoms with Crippen molar-refractivity contribution in [2.24, 2.45) is 5.92 Å². The van der Waals surface area contributed by atoms with Crippen molar-refractivity contribution in [3.05, 3.63) is 40.4 Å². The van der Waals surface area contributed by atoms with Gasteiger partial charge in [-0.3, -0.25) is 14.5 Å². The molecule has 30 heavy (non-hydrogen) atoms. The first-order valence-electron chi connectivity index (χ1n) is 9.84. The zero-order chi connectivity index (χ0) is 21.3. The summed E-state index contributed by atoms with van der Waals surface area (Å²) in [5.74, 6) is 0.382. The van der Waals surface area contributed by atoms with Gasteiger partial charge in [-0.2, -0.15) is 14.7 Å². The summed E-state index contributed by atoms with van der Waals surface area (Å²) in [4.78, 5) is 12.7. The third kappa shape index (κ3) is 4.16. The molecule has 2 aromatic rings. The van der Waals surface area contributed by atoms with E-state index in [0.717, 1.165) is 18.7 Å². The van der Waals surface area contributed by atoms with E-state index in [-0.39, 0.29) is 29.8 Å². The molecule has 9 nitrogen and oxygen atoms in total. The lowest BCUT2D eigenvalue weighted by Crippen LogP contribution is -2.43. The summed E-state index contributed by atoms with van der Waals surface area (Å²) in [5, 5.41) is 18.8. The maximum absolute atomic E-state index is 12.8. The standard InChI is InChI=1S/C19H22N6O3S2/c20-11-13-1-5-16(6-2-13)30(27,28)24-9-7-14(8-10-24)18(26)21-12-17-22-23-19(29)25(17)15-3-4-15/h1-2,5-6,14-15H,3-4,7-10,12H2,(H,21,26)(H,23,29). The van der Waals surface area contributed by atoms with Crippen LogP contribution in [0.5, 0.6) is 0 Å². The fourth-order valence-corrected chi connectivity index (χ4v) is 5.46. The summed E-state index contributed by atoms with van der Waals surface area (Å²) < 4.78 is 29.5. The quantitative estimate of drug-likeness (QED) is 0.653. The minimum Gasteiger partial charge on any atom is -0.349 e. The van der Waals surface area contributed by atoms with Crippen molar-refractivity contribution in [1.29, 1.82) is 5.26 Å². The Bertz CT molecular complexity index is 1130. The Balaban J connectivity index is 1.33. The number of nitrogens with zero attached hydrogens (tertiary/aromatic N) is 4. The smallest absolute Gasteiger partial charge is 0.243 e. The van der Waals surface area contributed by atoms with E-state index in [0.29, 0.717) is 35.8 Å². The normalized spacial score (nSPS) is 18.1. The fraction of sp³-hybridized carbons (Fsp3) is 0.474. The number of nitrogens with one attached hydrogen (secondary N) is 2. The number of H-pyrrole nitrogens is 1. The molecule has 1 aromatic heterocycles. The molecular formula is C19H22N6O3S2. The van der Waals surface area contributed by atoms with Gasteiger partial charge in [0.2, 0.25) is 15.9 Å². The Labute approximate surface area is 179 Å². The van der Waals surface area contributed by atoms with Gasteiger partial charge in [-0.05, 0) is 62.2 Å². The Morgan fingerprint density at radius 1 is 1.23 bits per heavy atom. The Kier molecular flexibility index (Phi) is 5.73. The minimum atomic E-state index is -3.63. The van der Waals surface area contributed by atoms with E-state index in [4.69, 9.17) is 17.5 Å². The molecule has 2 fully saturated rings. The van der Waals surface area contributed by atoms with Gasteiger partial charge < -0.3 is 5.32 Å². The van der Waals surface area contributed by atoms with Crippen LogP contribution < -0.4 is 5.32 Å². The lowest BCUT2D eigenvalue weighted by atomic mass is 9.97. The highest BCUT2D eigenvalue weighted by Crippen LogP contribution is 2.35. The Hall–Kier alpha value is -2.55. The van der Waals surface area contributed by atoms with E-state index in [1.54, 1.807) is 0 Å². The molecule has 4 rings (SSSR count). The molecule has 2 heterocycles. The van der Waals surface area contributed by atoms with Gasteiger partial charge in [-0.15, -0.1) is 0 Å². The second-order valence-corrected chi connectivity index (χ2v) is 9.90. The molecule has 1 aliphatic heterocycles. The number of aromatic nitrogens is 3. The molecule has 0 spiro atoms. The number of carbonyl (C=O) groups excluding carboxylic acids is 1. The number of sulfonamides is 1. The van der Waals surface area contributed by atoms with Gasteiger partial charge in [0.15, 0.2) is 10.6 Å². The van der Waals surface area contributed by atoms with Crippen molar-refractivity contribution < 1.29 is 13.2 Å². The summed E-state index contributed by atoms with van der Waals surface area (Å²) in [6.45, 7) is 0.856. The van der Waals surface area contributed by atoms with Crippen LogP contribution in [0.25, 0.3) is 0 Å². The molecule has 11 heteroatoms. The van der Waals surface area contributed by atoms with Crippen LogP contribution in [-0.4, -0.2) is 46.5 Å². The van der Waals surface area contributed by atoms with Crippen molar-refractivity contribution in [2.75, 3.05) is 13.1 Å². The molecule has 1 saturated heterocycles. The fourth-order valence-electron chi connectivity index (χ4n) is 3.69. The van der Waals surface area contributed by atoms with Crippen LogP contribution in [-0.2, 0) is 21.4 Å². The zero-order valence-corrected chi connectivity index (χ0v) is 17.9. The van der Waals surface area contributed by atoms with Crippen LogP contribution in [0.15, 0.2) is 29.2 Å². The van der Waals surface area contributed by atoms with Crippen molar-refractivity contribution >= 4 is 28.1 Å². The predicted molar refractivity (Wildman–Crippen MR) is 110 cm³/mol. The first-order valence-corrected chi connectivity index (χ1v) is 11.7. The molecule has 1 amide bonds. The molecule has 0 atom stereocenters. The highest BCUT2D eigenvalue weighted by Gasteiger charge is 2.32. The molecule has 2 N–H and O–H groups in total. The number of carbonyl (C=O) groups is 1. The van der Waals surface area contributed by atoms with Gasteiger partial charge in [0, 0.05) is 25.0 Å². The molecule has 158 valence electrons. The topological polar surface area (TPSA) is 124 Å². The Morgan fingerprint density at radius 2 is 1.90 bits per heavy atom. The first kappa shape index (κ1) is 20.7. The van der Waals surface area contributed by atoms with Gasteiger partial charge >= 0.3 is 0 Å². The van der Waals surface area contributed by atoms with Crippen LogP contribution in [0.1, 0.15) is 43.1 Å². The number of aromatic amines is 1. The third-order valence-corrected chi connectivity index (χ3v) is 7.76. The van der Waals surface area contributed by atoms with E-state index in [1.807, 2.05) is 10.6 Å². The first-order chi connectivity index (χ1) is 14.4. The monoisotopic (exact) mass is 446 g/mol. The molecular weight excluding hydrogens is 424 g/mol. The van der Waals surface area contributed by atoms with Crippen LogP contribution in [0.2, 0.25) is 0 Å². The van der Waals surface area contributed by atoms with Crippen LogP contribution >= 0.6 is 12.2 Å². The van der Waals surface area contributed by atoms with E-state index in [1.165, 1.54) is 28.6 Å². The van der Waals surface area contributed by atoms with Crippen molar-refractivity contribution in [3.8, 4) is 6.07 Å². The third-order valence-electron chi connectivity index (χ3n) is 5.56. The number of rotatable bonds is 6. The maximum Gasteiger partial charge on any atom is 0.243 e. The molecule has 1 aromatic carbocycles. The largest absolute Gasteiger partial charge is 0.349 e. The minimum absolute atomic E-state index is 0.0957. The molecule has 0 radical (unpaired) electrons. The van der Waals surface area contributed by atoms with Crippen molar-refractivity contribution in [2.45, 2.75) is 43.2 Å². The number of amides is 1. The number of hydrogen-bond donors (Lipinski definition) is 2. The number of benzene rings is 1. The number of hydrogen-bond acceptors (Lipinski definition) is 6. The van der Waals surface area contributed by atoms with Gasteiger partial charge in [-0.1, -0.05) is 0 Å². The van der Waals surface area contributed by atoms with E-state index in [2.05, 4.69) is 15.5 Å². The van der Waals surface area contributed by atoms with Crippen molar-refractivity contribution in [3.63, 3.8) is 0 Å². The SMILES string of the molecule is N#Cc1ccc(S(=O)(=O)N2CCC(C(=O)NCc3n[nH]c(=S)n3C3CC3)CC2)cc1. The summed E-state index contributed by atoms with van der Waals surface area (Å²) in [7, 11) is -3.63. The van der Waals surface area contributed by atoms with Gasteiger partial charge in [-0.25, -0.2) is 8.42 Å². The molecule has 0 unspecified atom stereocenters. The lowest BCUT2D eigenvalue weighted by molar-refractivity contribution is -0.126. The van der Waals surface area contributed by atoms with E-state index in [9.17, 15) is 13.2 Å². The summed E-state index contributed by atoms with van der Waals surface area (Å²) in [6.07, 6.45) is 3.05. The van der Waals surface area contributed by atoms with Crippen LogP contribution in [0.4, 0.5) is 0 Å². The highest BCUT2D eigenvalue weighted by molar-refractivity contribution is 7.89. The van der Waals surface area contributed by atoms with Crippen molar-refractivity contribution in [1.82, 2.24) is 24.4 Å². The molecule has 1 aliphatic carbocycles. The van der Waals surface area contributed by atoms with Crippen LogP contribution in [0.3, 0.4) is 0 Å². The van der Waals surface area contributed by atoms with E-state index >= 15 is 0 Å². The number of nitriles is 1. The average Bonchev–Trinajstić information content (AvgIpc) is 3.54. The van der Waals surface area contributed by atoms with Crippen LogP contribution in [0, 0.1) is 22.0 Å². The summed E-state index contributed by atoms with van der Waals surface area (Å²) in [5.41, 5.74) is 0.410. The summed E-state index contributed by atoms with van der Waals surface area (Å²) in [6, 6.07) is 8.22. The predicted octanol–water partition coefficient (Wildman–Crippen LogP) is 1.86. The second kappa shape index (κ2) is 8.29. The highest BCUT2D eigenvalue weighted by atomic mass is 32.2. The van der Waals surface area contributed by atoms with Gasteiger partial charge in [0.05, 0.1) is 23.1 Å². The molecule has 0 bridgehead atoms. The molecule has 2 aliphatic rings. The number of piperidine rings is 1. The van der Waals surface area contributed by atoms with E-state index < -0.39 is 10.0 Å². The van der Waals surface area contributed by atoms with Gasteiger partial charge in [0.1, 0.15) is 0 Å². The lowest BCUT2D eigenvalue weighted by Gasteiger charge is -2.30. The maximum atomic E-state index is 12.8. The van der Waals surface area contributed by atoms with Gasteiger partial charge in [0.25, 0.3) is 0 Å². The summed E-state index contributed by atoms with van der Waals surface area (Å²) >= 11 is 5.25. The second-order valence-electron chi connectivity index (χ2n) is 7.58. The average molecular weight is 447 g/mol. The Morgan fingerprint density at radius 3 is 2.50 bits per heavy atom.